The van der Waals surface area contributed by atoms with Gasteiger partial charge in [-0.3, -0.25) is 0 Å². The van der Waals surface area contributed by atoms with Crippen molar-refractivity contribution in [2.75, 3.05) is 6.54 Å². The first-order valence-corrected chi connectivity index (χ1v) is 7.27. The second-order valence-electron chi connectivity index (χ2n) is 3.91. The SMILES string of the molecule is Cc1nc(CCNCc2ccc(Br)cc2)cs1. The molecule has 0 aliphatic carbocycles. The van der Waals surface area contributed by atoms with E-state index in [-0.39, 0.29) is 0 Å². The Labute approximate surface area is 114 Å². The number of thiazole rings is 1. The van der Waals surface area contributed by atoms with Gasteiger partial charge in [-0.15, -0.1) is 11.3 Å². The maximum atomic E-state index is 4.44. The highest BCUT2D eigenvalue weighted by Gasteiger charge is 1.98. The predicted octanol–water partition coefficient (Wildman–Crippen LogP) is 3.55. The van der Waals surface area contributed by atoms with Crippen LogP contribution in [0.4, 0.5) is 0 Å². The van der Waals surface area contributed by atoms with Crippen LogP contribution in [0.15, 0.2) is 34.1 Å². The van der Waals surface area contributed by atoms with E-state index >= 15 is 0 Å². The van der Waals surface area contributed by atoms with Gasteiger partial charge in [-0.25, -0.2) is 4.98 Å². The van der Waals surface area contributed by atoms with Gasteiger partial charge in [0.1, 0.15) is 0 Å². The molecule has 0 saturated carbocycles. The number of nitrogens with zero attached hydrogens (tertiary/aromatic N) is 1. The van der Waals surface area contributed by atoms with E-state index < -0.39 is 0 Å². The highest BCUT2D eigenvalue weighted by atomic mass is 79.9. The minimum Gasteiger partial charge on any atom is -0.312 e. The van der Waals surface area contributed by atoms with Crippen LogP contribution in [-0.4, -0.2) is 11.5 Å². The van der Waals surface area contributed by atoms with Gasteiger partial charge in [0.25, 0.3) is 0 Å². The number of hydrogen-bond acceptors (Lipinski definition) is 3. The lowest BCUT2D eigenvalue weighted by atomic mass is 10.2. The fourth-order valence-corrected chi connectivity index (χ4v) is 2.49. The van der Waals surface area contributed by atoms with Gasteiger partial charge in [-0.05, 0) is 24.6 Å². The Kier molecular flexibility index (Phi) is 4.71. The van der Waals surface area contributed by atoms with Crippen LogP contribution in [-0.2, 0) is 13.0 Å². The van der Waals surface area contributed by atoms with Crippen LogP contribution in [0.5, 0.6) is 0 Å². The molecule has 0 spiro atoms. The van der Waals surface area contributed by atoms with Crippen LogP contribution in [0.3, 0.4) is 0 Å². The zero-order valence-electron chi connectivity index (χ0n) is 9.74. The molecule has 2 nitrogen and oxygen atoms in total. The molecule has 0 aliphatic rings. The van der Waals surface area contributed by atoms with E-state index in [1.165, 1.54) is 11.3 Å². The zero-order chi connectivity index (χ0) is 12.1. The largest absolute Gasteiger partial charge is 0.312 e. The Bertz CT molecular complexity index is 465. The number of halogens is 1. The zero-order valence-corrected chi connectivity index (χ0v) is 12.1. The van der Waals surface area contributed by atoms with Crippen LogP contribution in [0.25, 0.3) is 0 Å². The second-order valence-corrected chi connectivity index (χ2v) is 5.89. The van der Waals surface area contributed by atoms with Crippen LogP contribution in [0, 0.1) is 6.92 Å². The molecule has 1 aromatic carbocycles. The van der Waals surface area contributed by atoms with E-state index in [1.54, 1.807) is 11.3 Å². The molecule has 4 heteroatoms. The maximum absolute atomic E-state index is 4.44. The molecule has 0 atom stereocenters. The van der Waals surface area contributed by atoms with Gasteiger partial charge in [0.15, 0.2) is 0 Å². The Morgan fingerprint density at radius 2 is 2.06 bits per heavy atom. The van der Waals surface area contributed by atoms with Crippen LogP contribution < -0.4 is 5.32 Å². The molecule has 0 saturated heterocycles. The molecule has 1 aromatic heterocycles. The summed E-state index contributed by atoms with van der Waals surface area (Å²) in [6, 6.07) is 8.40. The molecule has 1 heterocycles. The van der Waals surface area contributed by atoms with Crippen molar-refractivity contribution in [3.63, 3.8) is 0 Å². The lowest BCUT2D eigenvalue weighted by Gasteiger charge is -2.03. The number of aryl methyl sites for hydroxylation is 1. The minimum absolute atomic E-state index is 0.913. The van der Waals surface area contributed by atoms with E-state index in [2.05, 4.69) is 55.9 Å². The first kappa shape index (κ1) is 12.7. The maximum Gasteiger partial charge on any atom is 0.0897 e. The third-order valence-electron chi connectivity index (χ3n) is 2.47. The summed E-state index contributed by atoms with van der Waals surface area (Å²) in [5, 5.41) is 6.71. The fraction of sp³-hybridized carbons (Fsp3) is 0.308. The minimum atomic E-state index is 0.913. The molecule has 0 bridgehead atoms. The van der Waals surface area contributed by atoms with Crippen molar-refractivity contribution >= 4 is 27.3 Å². The van der Waals surface area contributed by atoms with Crippen molar-refractivity contribution in [3.8, 4) is 0 Å². The average molecular weight is 311 g/mol. The van der Waals surface area contributed by atoms with Crippen molar-refractivity contribution in [3.05, 3.63) is 50.4 Å². The summed E-state index contributed by atoms with van der Waals surface area (Å²) >= 11 is 5.15. The molecule has 0 radical (unpaired) electrons. The molecule has 0 unspecified atom stereocenters. The highest BCUT2D eigenvalue weighted by Crippen LogP contribution is 2.10. The first-order chi connectivity index (χ1) is 8.24. The Morgan fingerprint density at radius 1 is 1.29 bits per heavy atom. The summed E-state index contributed by atoms with van der Waals surface area (Å²) in [4.78, 5) is 4.44. The standard InChI is InChI=1S/C13H15BrN2S/c1-10-16-13(9-17-10)6-7-15-8-11-2-4-12(14)5-3-11/h2-5,9,15H,6-8H2,1H3. The summed E-state index contributed by atoms with van der Waals surface area (Å²) < 4.78 is 1.12. The summed E-state index contributed by atoms with van der Waals surface area (Å²) in [6.07, 6.45) is 1.00. The van der Waals surface area contributed by atoms with Gasteiger partial charge in [-0.1, -0.05) is 28.1 Å². The number of aromatic nitrogens is 1. The van der Waals surface area contributed by atoms with Crippen molar-refractivity contribution in [1.29, 1.82) is 0 Å². The number of nitrogens with one attached hydrogen (secondary N) is 1. The summed E-state index contributed by atoms with van der Waals surface area (Å²) in [5.41, 5.74) is 2.50. The first-order valence-electron chi connectivity index (χ1n) is 5.60. The number of hydrogen-bond donors (Lipinski definition) is 1. The van der Waals surface area contributed by atoms with E-state index in [0.29, 0.717) is 0 Å². The Hall–Kier alpha value is -0.710. The van der Waals surface area contributed by atoms with Gasteiger partial charge >= 0.3 is 0 Å². The van der Waals surface area contributed by atoms with Crippen molar-refractivity contribution in [1.82, 2.24) is 10.3 Å². The second kappa shape index (κ2) is 6.28. The van der Waals surface area contributed by atoms with Crippen LogP contribution in [0.1, 0.15) is 16.3 Å². The number of benzene rings is 1. The van der Waals surface area contributed by atoms with Gasteiger partial charge in [0.05, 0.1) is 10.7 Å². The molecule has 90 valence electrons. The van der Waals surface area contributed by atoms with Gasteiger partial charge in [-0.2, -0.15) is 0 Å². The third-order valence-corrected chi connectivity index (χ3v) is 3.82. The summed E-state index contributed by atoms with van der Waals surface area (Å²) in [6.45, 7) is 3.93. The van der Waals surface area contributed by atoms with Crippen LogP contribution in [0.2, 0.25) is 0 Å². The predicted molar refractivity (Wildman–Crippen MR) is 76.4 cm³/mol. The Morgan fingerprint density at radius 3 is 2.71 bits per heavy atom. The smallest absolute Gasteiger partial charge is 0.0897 e. The van der Waals surface area contributed by atoms with E-state index in [0.717, 1.165) is 29.0 Å². The molecule has 1 N–H and O–H groups in total. The normalized spacial score (nSPS) is 10.7. The molecule has 0 fully saturated rings. The van der Waals surface area contributed by atoms with E-state index in [4.69, 9.17) is 0 Å². The van der Waals surface area contributed by atoms with E-state index in [9.17, 15) is 0 Å². The lowest BCUT2D eigenvalue weighted by molar-refractivity contribution is 0.681. The van der Waals surface area contributed by atoms with Crippen molar-refractivity contribution in [2.45, 2.75) is 19.9 Å². The van der Waals surface area contributed by atoms with Crippen molar-refractivity contribution < 1.29 is 0 Å². The Balaban J connectivity index is 1.71. The highest BCUT2D eigenvalue weighted by molar-refractivity contribution is 9.10. The quantitative estimate of drug-likeness (QED) is 0.854. The van der Waals surface area contributed by atoms with Gasteiger partial charge in [0.2, 0.25) is 0 Å². The summed E-state index contributed by atoms with van der Waals surface area (Å²) in [7, 11) is 0. The fourth-order valence-electron chi connectivity index (χ4n) is 1.57. The van der Waals surface area contributed by atoms with Gasteiger partial charge < -0.3 is 5.32 Å². The van der Waals surface area contributed by atoms with Crippen LogP contribution >= 0.6 is 27.3 Å². The molecule has 17 heavy (non-hydrogen) atoms. The lowest BCUT2D eigenvalue weighted by Crippen LogP contribution is -2.16. The molecule has 2 rings (SSSR count). The number of rotatable bonds is 5. The molecule has 0 aliphatic heterocycles. The van der Waals surface area contributed by atoms with E-state index in [1.807, 2.05) is 6.92 Å². The molecular formula is C13H15BrN2S. The van der Waals surface area contributed by atoms with Gasteiger partial charge in [0, 0.05) is 29.4 Å². The molecule has 0 amide bonds. The topological polar surface area (TPSA) is 24.9 Å². The molecule has 2 aromatic rings. The summed E-state index contributed by atoms with van der Waals surface area (Å²) in [5.74, 6) is 0. The van der Waals surface area contributed by atoms with Crippen molar-refractivity contribution in [2.24, 2.45) is 0 Å². The monoisotopic (exact) mass is 310 g/mol. The third kappa shape index (κ3) is 4.22. The average Bonchev–Trinajstić information content (AvgIpc) is 2.73. The molecular weight excluding hydrogens is 296 g/mol.